The van der Waals surface area contributed by atoms with Crippen LogP contribution in [0.25, 0.3) is 0 Å². The van der Waals surface area contributed by atoms with Crippen LogP contribution in [-0.4, -0.2) is 33.2 Å². The van der Waals surface area contributed by atoms with Gasteiger partial charge in [-0.2, -0.15) is 0 Å². The Hall–Kier alpha value is -0.520. The van der Waals surface area contributed by atoms with E-state index in [1.165, 1.54) is 57.8 Å². The first kappa shape index (κ1) is 27.5. The maximum atomic E-state index is 11.8. The Bertz CT molecular complexity index is 399. The zero-order valence-electron chi connectivity index (χ0n) is 18.0. The van der Waals surface area contributed by atoms with Gasteiger partial charge in [-0.05, 0) is 12.8 Å². The van der Waals surface area contributed by atoms with E-state index < -0.39 is 8.17 Å². The number of rotatable bonds is 19. The fourth-order valence-electron chi connectivity index (χ4n) is 2.98. The fourth-order valence-corrected chi connectivity index (χ4v) is 3.46. The summed E-state index contributed by atoms with van der Waals surface area (Å²) in [6.07, 6.45) is 21.0. The van der Waals surface area contributed by atoms with Gasteiger partial charge in [-0.15, -0.1) is 0 Å². The Kier molecular flexibility index (Phi) is 18.2. The third kappa shape index (κ3) is 21.8. The van der Waals surface area contributed by atoms with Crippen molar-refractivity contribution in [3.8, 4) is 0 Å². The Balaban J connectivity index is 3.38. The molecule has 7 heteroatoms. The third-order valence-electron chi connectivity index (χ3n) is 4.60. The second kappa shape index (κ2) is 18.5. The number of nitrogens with one attached hydrogen (secondary N) is 1. The molecule has 0 aromatic carbocycles. The van der Waals surface area contributed by atoms with E-state index in [0.29, 0.717) is 6.42 Å². The molecule has 1 amide bonds. The Morgan fingerprint density at radius 2 is 1.39 bits per heavy atom. The first-order chi connectivity index (χ1) is 13.3. The van der Waals surface area contributed by atoms with Crippen molar-refractivity contribution in [2.24, 2.45) is 0 Å². The normalized spacial score (nSPS) is 13.8. The average molecular weight is 422 g/mol. The van der Waals surface area contributed by atoms with Crippen LogP contribution in [0.15, 0.2) is 12.2 Å². The summed E-state index contributed by atoms with van der Waals surface area (Å²) in [4.78, 5) is 38.1. The number of carbonyl (C=O) groups excluding carboxylic acids is 1. The summed E-state index contributed by atoms with van der Waals surface area (Å²) in [7, 11) is -4.49. The standard InChI is InChI=1S/C21H44NO5P/c1-3-4-5-6-7-8-9-10-11-12-13-14-15-16-17-18-21(23)22-20(2)19-27-28(24,25)26/h10-11,20,24-26,28H,3-9,12-19H2,1-2H3,(H,22,23)/b11-10-/t20-/m0/s1. The van der Waals surface area contributed by atoms with Gasteiger partial charge in [0, 0.05) is 0 Å². The van der Waals surface area contributed by atoms with Crippen LogP contribution in [0.3, 0.4) is 0 Å². The summed E-state index contributed by atoms with van der Waals surface area (Å²) < 4.78 is 4.51. The zero-order valence-corrected chi connectivity index (χ0v) is 19.0. The number of hydrogen-bond acceptors (Lipinski definition) is 5. The van der Waals surface area contributed by atoms with E-state index in [1.807, 2.05) is 0 Å². The first-order valence-electron chi connectivity index (χ1n) is 11.1. The van der Waals surface area contributed by atoms with Crippen LogP contribution >= 0.6 is 8.17 Å². The van der Waals surface area contributed by atoms with Crippen molar-refractivity contribution >= 4 is 14.1 Å². The van der Waals surface area contributed by atoms with Gasteiger partial charge >= 0.3 is 108 Å². The van der Waals surface area contributed by atoms with Crippen LogP contribution in [0.5, 0.6) is 0 Å². The molecule has 1 atom stereocenters. The molecule has 0 radical (unpaired) electrons. The molecule has 0 spiro atoms. The van der Waals surface area contributed by atoms with Crippen LogP contribution in [0, 0.1) is 0 Å². The molecule has 0 saturated carbocycles. The van der Waals surface area contributed by atoms with E-state index >= 15 is 0 Å². The molecule has 168 valence electrons. The van der Waals surface area contributed by atoms with Gasteiger partial charge in [0.2, 0.25) is 0 Å². The zero-order chi connectivity index (χ0) is 21.1. The van der Waals surface area contributed by atoms with E-state index in [-0.39, 0.29) is 18.6 Å². The van der Waals surface area contributed by atoms with Gasteiger partial charge in [-0.1, -0.05) is 51.2 Å². The van der Waals surface area contributed by atoms with Crippen LogP contribution in [0.1, 0.15) is 104 Å². The van der Waals surface area contributed by atoms with Crippen LogP contribution in [0.4, 0.5) is 0 Å². The summed E-state index contributed by atoms with van der Waals surface area (Å²) in [6.45, 7) is 3.83. The van der Waals surface area contributed by atoms with Gasteiger partial charge in [0.25, 0.3) is 0 Å². The van der Waals surface area contributed by atoms with Crippen molar-refractivity contribution in [2.75, 3.05) is 6.61 Å². The minimum absolute atomic E-state index is 0.0742. The Morgan fingerprint density at radius 1 is 0.893 bits per heavy atom. The summed E-state index contributed by atoms with van der Waals surface area (Å²) in [5.74, 6) is -0.0742. The molecule has 0 fully saturated rings. The average Bonchev–Trinajstić information content (AvgIpc) is 2.62. The van der Waals surface area contributed by atoms with Gasteiger partial charge in [-0.25, -0.2) is 0 Å². The van der Waals surface area contributed by atoms with Gasteiger partial charge in [0.15, 0.2) is 0 Å². The van der Waals surface area contributed by atoms with E-state index in [9.17, 15) is 4.79 Å². The molecule has 0 rings (SSSR count). The van der Waals surface area contributed by atoms with Gasteiger partial charge in [0.05, 0.1) is 0 Å². The molecular formula is C21H44NO5P. The van der Waals surface area contributed by atoms with Gasteiger partial charge in [0.1, 0.15) is 0 Å². The molecule has 0 aromatic rings. The van der Waals surface area contributed by atoms with E-state index in [4.69, 9.17) is 14.7 Å². The van der Waals surface area contributed by atoms with Gasteiger partial charge in [-0.3, -0.25) is 0 Å². The Morgan fingerprint density at radius 3 is 1.93 bits per heavy atom. The molecule has 0 aliphatic carbocycles. The number of allylic oxidation sites excluding steroid dienone is 2. The second-order valence-electron chi connectivity index (χ2n) is 7.69. The summed E-state index contributed by atoms with van der Waals surface area (Å²) in [6, 6.07) is -0.367. The van der Waals surface area contributed by atoms with Crippen molar-refractivity contribution in [3.05, 3.63) is 12.2 Å². The van der Waals surface area contributed by atoms with Crippen LogP contribution < -0.4 is 5.32 Å². The quantitative estimate of drug-likeness (QED) is 0.135. The maximum absolute atomic E-state index is 11.8. The predicted molar refractivity (Wildman–Crippen MR) is 118 cm³/mol. The van der Waals surface area contributed by atoms with E-state index in [0.717, 1.165) is 25.7 Å². The monoisotopic (exact) mass is 421 g/mol. The molecule has 6 nitrogen and oxygen atoms in total. The number of carbonyl (C=O) groups is 1. The van der Waals surface area contributed by atoms with E-state index in [2.05, 4.69) is 28.9 Å². The SMILES string of the molecule is CCCCCCCC/C=C\CCCCCCCC(=O)N[C@@H](C)CO[PH](O)(O)O. The second-order valence-corrected chi connectivity index (χ2v) is 9.12. The van der Waals surface area contributed by atoms with Crippen LogP contribution in [-0.2, 0) is 9.32 Å². The molecule has 0 heterocycles. The summed E-state index contributed by atoms with van der Waals surface area (Å²) >= 11 is 0. The molecule has 0 saturated heterocycles. The van der Waals surface area contributed by atoms with Crippen molar-refractivity contribution in [1.82, 2.24) is 5.32 Å². The predicted octanol–water partition coefficient (Wildman–Crippen LogP) is 4.93. The third-order valence-corrected chi connectivity index (χ3v) is 5.15. The Labute approximate surface area is 172 Å². The summed E-state index contributed by atoms with van der Waals surface area (Å²) in [5.41, 5.74) is 0. The molecule has 0 aromatic heterocycles. The molecule has 4 N–H and O–H groups in total. The van der Waals surface area contributed by atoms with Crippen molar-refractivity contribution in [2.45, 2.75) is 110 Å². The number of unbranched alkanes of at least 4 members (excludes halogenated alkanes) is 11. The fraction of sp³-hybridized carbons (Fsp3) is 0.857. The summed E-state index contributed by atoms with van der Waals surface area (Å²) in [5, 5.41) is 2.72. The molecule has 0 bridgehead atoms. The number of hydrogen-bond donors (Lipinski definition) is 4. The first-order valence-corrected chi connectivity index (χ1v) is 12.9. The molecule has 28 heavy (non-hydrogen) atoms. The molecule has 0 unspecified atom stereocenters. The van der Waals surface area contributed by atoms with E-state index in [1.54, 1.807) is 6.92 Å². The minimum atomic E-state index is -4.49. The molecular weight excluding hydrogens is 377 g/mol. The van der Waals surface area contributed by atoms with Crippen molar-refractivity contribution in [1.29, 1.82) is 0 Å². The van der Waals surface area contributed by atoms with Crippen molar-refractivity contribution < 1.29 is 24.0 Å². The molecule has 0 aliphatic rings. The topological polar surface area (TPSA) is 99.0 Å². The van der Waals surface area contributed by atoms with Gasteiger partial charge < -0.3 is 0 Å². The number of amides is 1. The van der Waals surface area contributed by atoms with Crippen LogP contribution in [0.2, 0.25) is 0 Å². The van der Waals surface area contributed by atoms with Crippen molar-refractivity contribution in [3.63, 3.8) is 0 Å². The molecule has 0 aliphatic heterocycles.